The highest BCUT2D eigenvalue weighted by molar-refractivity contribution is 5.93. The van der Waals surface area contributed by atoms with Gasteiger partial charge in [0.1, 0.15) is 12.1 Å². The van der Waals surface area contributed by atoms with Crippen LogP contribution in [0.2, 0.25) is 0 Å². The highest BCUT2D eigenvalue weighted by Gasteiger charge is 2.36. The van der Waals surface area contributed by atoms with Gasteiger partial charge >= 0.3 is 6.09 Å². The molecule has 5 amide bonds. The summed E-state index contributed by atoms with van der Waals surface area (Å²) in [7, 11) is 0. The van der Waals surface area contributed by atoms with E-state index in [0.717, 1.165) is 0 Å². The molecule has 0 aromatic carbocycles. The fourth-order valence-electron chi connectivity index (χ4n) is 4.72. The Labute approximate surface area is 223 Å². The summed E-state index contributed by atoms with van der Waals surface area (Å²) in [6.45, 7) is 7.57. The van der Waals surface area contributed by atoms with Crippen LogP contribution < -0.4 is 21.4 Å². The number of hydrogen-bond donors (Lipinski definition) is 5. The molecule has 38 heavy (non-hydrogen) atoms. The molecule has 216 valence electrons. The molecular weight excluding hydrogens is 498 g/mol. The minimum atomic E-state index is -0.952. The van der Waals surface area contributed by atoms with E-state index in [1.807, 2.05) is 13.8 Å². The number of cyclic esters (lactones) is 1. The maximum atomic E-state index is 13.5. The molecule has 0 aromatic heterocycles. The quantitative estimate of drug-likeness (QED) is 0.236. The predicted octanol–water partition coefficient (Wildman–Crippen LogP) is 0.309. The van der Waals surface area contributed by atoms with Crippen molar-refractivity contribution in [2.75, 3.05) is 39.5 Å². The number of rotatable bonds is 6. The van der Waals surface area contributed by atoms with Gasteiger partial charge in [-0.3, -0.25) is 24.4 Å². The highest BCUT2D eigenvalue weighted by atomic mass is 16.5. The summed E-state index contributed by atoms with van der Waals surface area (Å²) in [5.41, 5.74) is 1.65. The van der Waals surface area contributed by atoms with Crippen LogP contribution in [0.3, 0.4) is 0 Å². The molecule has 2 rings (SSSR count). The number of nitrogens with one attached hydrogen (secondary N) is 4. The van der Waals surface area contributed by atoms with E-state index in [9.17, 15) is 29.2 Å². The third kappa shape index (κ3) is 10.1. The number of hydroxylamine groups is 1. The van der Waals surface area contributed by atoms with Gasteiger partial charge in [-0.05, 0) is 51.4 Å². The minimum Gasteiger partial charge on any atom is -0.450 e. The number of ether oxygens (including phenoxy) is 2. The van der Waals surface area contributed by atoms with E-state index in [1.165, 1.54) is 0 Å². The second kappa shape index (κ2) is 16.1. The predicted molar refractivity (Wildman–Crippen MR) is 136 cm³/mol. The topological polar surface area (TPSA) is 175 Å². The second-order valence-electron chi connectivity index (χ2n) is 10.2. The summed E-state index contributed by atoms with van der Waals surface area (Å²) in [5.74, 6) is -3.62. The first kappa shape index (κ1) is 31.3. The molecule has 0 unspecified atom stereocenters. The van der Waals surface area contributed by atoms with Crippen molar-refractivity contribution in [3.63, 3.8) is 0 Å². The molecule has 13 heteroatoms. The highest BCUT2D eigenvalue weighted by Crippen LogP contribution is 2.26. The summed E-state index contributed by atoms with van der Waals surface area (Å²) in [6.07, 6.45) is 1.55. The summed E-state index contributed by atoms with van der Waals surface area (Å²) in [5, 5.41) is 17.5. The lowest BCUT2D eigenvalue weighted by atomic mass is 9.81. The van der Waals surface area contributed by atoms with Crippen LogP contribution in [0.4, 0.5) is 4.79 Å². The Bertz CT molecular complexity index is 818. The standard InChI is InChI=1S/C25H43N5O8/c1-16(2)15-19-18(22(32)29-36)7-6-12-38-25(35)26-9-5-4-8-20(28-21(19)31)23(33)27-17(3)24(34)30-10-13-37-14-11-30/h16-20,36H,4-15H2,1-3H3,(H,26,35)(H,27,33)(H,28,31)(H,29,32)/t17-,18+,19-,20+/m1/s1. The molecule has 2 aliphatic rings. The molecule has 0 aromatic rings. The number of carbonyl (C=O) groups excluding carboxylic acids is 5. The van der Waals surface area contributed by atoms with Crippen molar-refractivity contribution in [2.45, 2.75) is 71.4 Å². The van der Waals surface area contributed by atoms with Crippen molar-refractivity contribution >= 4 is 29.7 Å². The molecule has 4 atom stereocenters. The van der Waals surface area contributed by atoms with E-state index >= 15 is 0 Å². The molecule has 2 fully saturated rings. The molecule has 2 saturated heterocycles. The zero-order valence-corrected chi connectivity index (χ0v) is 22.6. The summed E-state index contributed by atoms with van der Waals surface area (Å²) in [4.78, 5) is 65.7. The van der Waals surface area contributed by atoms with Gasteiger partial charge in [-0.1, -0.05) is 13.8 Å². The van der Waals surface area contributed by atoms with E-state index < -0.39 is 47.7 Å². The minimum absolute atomic E-state index is 0.0438. The van der Waals surface area contributed by atoms with Crippen molar-refractivity contribution in [3.05, 3.63) is 0 Å². The monoisotopic (exact) mass is 541 g/mol. The van der Waals surface area contributed by atoms with Gasteiger partial charge < -0.3 is 30.3 Å². The van der Waals surface area contributed by atoms with Gasteiger partial charge in [0.15, 0.2) is 0 Å². The zero-order valence-electron chi connectivity index (χ0n) is 22.6. The Kier molecular flexibility index (Phi) is 13.3. The first-order valence-electron chi connectivity index (χ1n) is 13.5. The second-order valence-corrected chi connectivity index (χ2v) is 10.2. The molecule has 0 bridgehead atoms. The van der Waals surface area contributed by atoms with Crippen molar-refractivity contribution < 1.29 is 38.7 Å². The number of morpholine rings is 1. The summed E-state index contributed by atoms with van der Waals surface area (Å²) >= 11 is 0. The van der Waals surface area contributed by atoms with Gasteiger partial charge in [0.25, 0.3) is 0 Å². The molecular formula is C25H43N5O8. The fraction of sp³-hybridized carbons (Fsp3) is 0.800. The third-order valence-corrected chi connectivity index (χ3v) is 6.76. The normalized spacial score (nSPS) is 25.1. The lowest BCUT2D eigenvalue weighted by molar-refractivity contribution is -0.143. The van der Waals surface area contributed by atoms with Crippen LogP contribution in [0.5, 0.6) is 0 Å². The molecule has 0 radical (unpaired) electrons. The zero-order chi connectivity index (χ0) is 28.1. The maximum Gasteiger partial charge on any atom is 0.407 e. The largest absolute Gasteiger partial charge is 0.450 e. The molecule has 13 nitrogen and oxygen atoms in total. The first-order chi connectivity index (χ1) is 18.1. The molecule has 0 saturated carbocycles. The lowest BCUT2D eigenvalue weighted by Crippen LogP contribution is -2.56. The fourth-order valence-corrected chi connectivity index (χ4v) is 4.72. The Balaban J connectivity index is 2.22. The van der Waals surface area contributed by atoms with E-state index in [1.54, 1.807) is 17.3 Å². The molecule has 5 N–H and O–H groups in total. The van der Waals surface area contributed by atoms with Crippen LogP contribution in [0.25, 0.3) is 0 Å². The Hall–Kier alpha value is -2.93. The van der Waals surface area contributed by atoms with E-state index in [4.69, 9.17) is 9.47 Å². The van der Waals surface area contributed by atoms with Gasteiger partial charge in [0, 0.05) is 25.6 Å². The van der Waals surface area contributed by atoms with Crippen molar-refractivity contribution in [2.24, 2.45) is 17.8 Å². The number of nitrogens with zero attached hydrogens (tertiary/aromatic N) is 1. The van der Waals surface area contributed by atoms with Crippen LogP contribution in [0.1, 0.15) is 59.3 Å². The number of amides is 5. The van der Waals surface area contributed by atoms with Crippen LogP contribution in [0.15, 0.2) is 0 Å². The smallest absolute Gasteiger partial charge is 0.407 e. The van der Waals surface area contributed by atoms with Crippen LogP contribution >= 0.6 is 0 Å². The van der Waals surface area contributed by atoms with Gasteiger partial charge in [0.05, 0.1) is 25.7 Å². The Morgan fingerprint density at radius 1 is 1.03 bits per heavy atom. The summed E-state index contributed by atoms with van der Waals surface area (Å²) < 4.78 is 10.4. The van der Waals surface area contributed by atoms with Gasteiger partial charge in [0.2, 0.25) is 23.6 Å². The van der Waals surface area contributed by atoms with Crippen molar-refractivity contribution in [1.82, 2.24) is 26.3 Å². The average Bonchev–Trinajstić information content (AvgIpc) is 2.90. The van der Waals surface area contributed by atoms with Gasteiger partial charge in [-0.15, -0.1) is 0 Å². The molecule has 2 heterocycles. The van der Waals surface area contributed by atoms with Crippen LogP contribution in [0, 0.1) is 17.8 Å². The maximum absolute atomic E-state index is 13.5. The van der Waals surface area contributed by atoms with E-state index in [2.05, 4.69) is 16.0 Å². The third-order valence-electron chi connectivity index (χ3n) is 6.76. The van der Waals surface area contributed by atoms with Crippen LogP contribution in [-0.2, 0) is 28.7 Å². The Morgan fingerprint density at radius 3 is 2.39 bits per heavy atom. The molecule has 0 spiro atoms. The van der Waals surface area contributed by atoms with E-state index in [0.29, 0.717) is 58.5 Å². The average molecular weight is 542 g/mol. The molecule has 0 aliphatic carbocycles. The molecule has 2 aliphatic heterocycles. The first-order valence-corrected chi connectivity index (χ1v) is 13.5. The Morgan fingerprint density at radius 2 is 1.74 bits per heavy atom. The summed E-state index contributed by atoms with van der Waals surface area (Å²) in [6, 6.07) is -1.75. The van der Waals surface area contributed by atoms with Crippen molar-refractivity contribution in [1.29, 1.82) is 0 Å². The SMILES string of the molecule is CC(C)C[C@H]1C(=O)N[C@H](C(=O)N[C@H](C)C(=O)N2CCOCC2)CCCCNC(=O)OCCC[C@@H]1C(=O)NO. The number of carbonyl (C=O) groups is 5. The van der Waals surface area contributed by atoms with Crippen LogP contribution in [-0.4, -0.2) is 91.4 Å². The van der Waals surface area contributed by atoms with Crippen molar-refractivity contribution in [3.8, 4) is 0 Å². The van der Waals surface area contributed by atoms with Gasteiger partial charge in [-0.2, -0.15) is 0 Å². The lowest BCUT2D eigenvalue weighted by Gasteiger charge is -2.31. The van der Waals surface area contributed by atoms with Gasteiger partial charge in [-0.25, -0.2) is 10.3 Å². The number of hydrogen-bond acceptors (Lipinski definition) is 8. The van der Waals surface area contributed by atoms with E-state index in [-0.39, 0.29) is 31.3 Å². The number of alkyl carbamates (subject to hydrolysis) is 1.